The first-order valence-corrected chi connectivity index (χ1v) is 12.2. The summed E-state index contributed by atoms with van der Waals surface area (Å²) in [5.74, 6) is -0.395. The minimum atomic E-state index is -1.07. The lowest BCUT2D eigenvalue weighted by atomic mass is 10.1. The lowest BCUT2D eigenvalue weighted by molar-refractivity contribution is -0.0711. The van der Waals surface area contributed by atoms with Gasteiger partial charge in [0.05, 0.1) is 24.1 Å². The summed E-state index contributed by atoms with van der Waals surface area (Å²) in [6, 6.07) is 6.85. The molecule has 4 atom stereocenters. The molecule has 3 aromatic rings. The molecule has 1 saturated heterocycles. The summed E-state index contributed by atoms with van der Waals surface area (Å²) in [7, 11) is 0. The number of imidazole rings is 1. The van der Waals surface area contributed by atoms with Crippen molar-refractivity contribution in [3.05, 3.63) is 41.7 Å². The second kappa shape index (κ2) is 10.4. The number of nitrogens with two attached hydrogens (primary N) is 2. The molecule has 13 nitrogen and oxygen atoms in total. The Hall–Kier alpha value is -3.65. The number of aromatic nitrogens is 4. The van der Waals surface area contributed by atoms with Gasteiger partial charge in [0.15, 0.2) is 17.7 Å². The predicted octanol–water partition coefficient (Wildman–Crippen LogP) is 0.483. The maximum Gasteiger partial charge on any atom is 0.261 e. The monoisotopic (exact) mass is 511 g/mol. The third-order valence-electron chi connectivity index (χ3n) is 6.70. The Morgan fingerprint density at radius 2 is 1.73 bits per heavy atom. The molecule has 2 aromatic heterocycles. The van der Waals surface area contributed by atoms with Gasteiger partial charge >= 0.3 is 0 Å². The van der Waals surface area contributed by atoms with Crippen LogP contribution in [0.5, 0.6) is 0 Å². The molecule has 5 rings (SSSR count). The van der Waals surface area contributed by atoms with Gasteiger partial charge in [0.1, 0.15) is 23.8 Å². The molecule has 0 bridgehead atoms. The molecular formula is C24H29N7O6. The van der Waals surface area contributed by atoms with Gasteiger partial charge in [-0.2, -0.15) is 9.97 Å². The first-order valence-electron chi connectivity index (χ1n) is 12.2. The highest BCUT2D eigenvalue weighted by Crippen LogP contribution is 2.34. The highest BCUT2D eigenvalue weighted by molar-refractivity contribution is 6.21. The van der Waals surface area contributed by atoms with E-state index < -0.39 is 24.5 Å². The first-order chi connectivity index (χ1) is 17.9. The summed E-state index contributed by atoms with van der Waals surface area (Å²) in [5.41, 5.74) is 13.2. The standard InChI is InChI=1S/C24H29N7O6/c25-19-16-20(29-24(26)28-19)31(12-27-16)23-18(17(33)15(11-32)37-23)36-10-6-2-1-5-9-30-21(34)13-7-3-4-8-14(13)22(30)35/h3-4,7-8,12,15,17-18,23,32-33H,1-2,5-6,9-11H2,(H4,25,26,28,29). The number of carbonyl (C=O) groups excluding carboxylic acids is 2. The number of hydrogen-bond donors (Lipinski definition) is 4. The largest absolute Gasteiger partial charge is 0.394 e. The van der Waals surface area contributed by atoms with E-state index >= 15 is 0 Å². The van der Waals surface area contributed by atoms with Gasteiger partial charge in [0.25, 0.3) is 11.8 Å². The van der Waals surface area contributed by atoms with Crippen molar-refractivity contribution in [2.75, 3.05) is 31.2 Å². The van der Waals surface area contributed by atoms with Crippen molar-refractivity contribution in [1.29, 1.82) is 0 Å². The van der Waals surface area contributed by atoms with Crippen LogP contribution in [0, 0.1) is 0 Å². The zero-order valence-corrected chi connectivity index (χ0v) is 20.1. The molecular weight excluding hydrogens is 482 g/mol. The van der Waals surface area contributed by atoms with Gasteiger partial charge in [-0.15, -0.1) is 0 Å². The summed E-state index contributed by atoms with van der Waals surface area (Å²) in [6.45, 7) is 0.310. The number of ether oxygens (including phenoxy) is 2. The van der Waals surface area contributed by atoms with Gasteiger partial charge in [-0.3, -0.25) is 19.1 Å². The molecule has 0 spiro atoms. The third-order valence-corrected chi connectivity index (χ3v) is 6.70. The molecule has 196 valence electrons. The van der Waals surface area contributed by atoms with Crippen molar-refractivity contribution >= 4 is 34.7 Å². The number of aliphatic hydroxyl groups excluding tert-OH is 2. The number of imide groups is 1. The van der Waals surface area contributed by atoms with Gasteiger partial charge in [-0.1, -0.05) is 25.0 Å². The molecule has 1 fully saturated rings. The van der Waals surface area contributed by atoms with Crippen molar-refractivity contribution in [3.63, 3.8) is 0 Å². The molecule has 4 unspecified atom stereocenters. The molecule has 0 aliphatic carbocycles. The normalized spacial score (nSPS) is 23.4. The summed E-state index contributed by atoms with van der Waals surface area (Å²) < 4.78 is 13.4. The molecule has 13 heteroatoms. The fourth-order valence-corrected chi connectivity index (χ4v) is 4.80. The summed E-state index contributed by atoms with van der Waals surface area (Å²) in [6.07, 6.45) is 0.919. The maximum atomic E-state index is 12.5. The predicted molar refractivity (Wildman–Crippen MR) is 131 cm³/mol. The van der Waals surface area contributed by atoms with E-state index in [0.717, 1.165) is 12.8 Å². The van der Waals surface area contributed by atoms with Crippen molar-refractivity contribution in [1.82, 2.24) is 24.4 Å². The molecule has 37 heavy (non-hydrogen) atoms. The average Bonchev–Trinajstić information content (AvgIpc) is 3.52. The topological polar surface area (TPSA) is 192 Å². The quantitative estimate of drug-likeness (QED) is 0.219. The summed E-state index contributed by atoms with van der Waals surface area (Å²) >= 11 is 0. The van der Waals surface area contributed by atoms with Crippen molar-refractivity contribution in [2.45, 2.75) is 50.2 Å². The fourth-order valence-electron chi connectivity index (χ4n) is 4.80. The number of fused-ring (bicyclic) bond motifs is 2. The maximum absolute atomic E-state index is 12.5. The van der Waals surface area contributed by atoms with Crippen LogP contribution in [0.3, 0.4) is 0 Å². The van der Waals surface area contributed by atoms with E-state index in [1.807, 2.05) is 0 Å². The molecule has 2 aliphatic heterocycles. The first kappa shape index (κ1) is 25.0. The van der Waals surface area contributed by atoms with Crippen LogP contribution in [0.2, 0.25) is 0 Å². The van der Waals surface area contributed by atoms with E-state index in [2.05, 4.69) is 15.0 Å². The number of hydrogen-bond acceptors (Lipinski definition) is 11. The number of nitrogens with zero attached hydrogens (tertiary/aromatic N) is 5. The Morgan fingerprint density at radius 3 is 2.43 bits per heavy atom. The van der Waals surface area contributed by atoms with Crippen LogP contribution < -0.4 is 11.5 Å². The zero-order chi connectivity index (χ0) is 26.1. The minimum absolute atomic E-state index is 0.0253. The fraction of sp³-hybridized carbons (Fsp3) is 0.458. The second-order valence-corrected chi connectivity index (χ2v) is 9.09. The number of unbranched alkanes of at least 4 members (excludes halogenated alkanes) is 3. The lowest BCUT2D eigenvalue weighted by Gasteiger charge is -2.22. The van der Waals surface area contributed by atoms with Crippen LogP contribution in [0.15, 0.2) is 30.6 Å². The van der Waals surface area contributed by atoms with Gasteiger partial charge in [-0.05, 0) is 25.0 Å². The minimum Gasteiger partial charge on any atom is -0.394 e. The van der Waals surface area contributed by atoms with E-state index in [1.54, 1.807) is 28.8 Å². The molecule has 0 saturated carbocycles. The average molecular weight is 512 g/mol. The van der Waals surface area contributed by atoms with Crippen LogP contribution in [0.4, 0.5) is 11.8 Å². The van der Waals surface area contributed by atoms with Crippen molar-refractivity contribution in [3.8, 4) is 0 Å². The molecule has 4 heterocycles. The zero-order valence-electron chi connectivity index (χ0n) is 20.1. The van der Waals surface area contributed by atoms with Gasteiger partial charge in [0.2, 0.25) is 5.95 Å². The number of aliphatic hydroxyl groups is 2. The third kappa shape index (κ3) is 4.62. The van der Waals surface area contributed by atoms with Gasteiger partial charge < -0.3 is 31.2 Å². The van der Waals surface area contributed by atoms with Gasteiger partial charge in [-0.25, -0.2) is 4.98 Å². The van der Waals surface area contributed by atoms with Crippen LogP contribution >= 0.6 is 0 Å². The Labute approximate surface area is 212 Å². The van der Waals surface area contributed by atoms with Crippen molar-refractivity contribution < 1.29 is 29.3 Å². The smallest absolute Gasteiger partial charge is 0.261 e. The number of carbonyl (C=O) groups is 2. The van der Waals surface area contributed by atoms with E-state index in [9.17, 15) is 19.8 Å². The molecule has 6 N–H and O–H groups in total. The second-order valence-electron chi connectivity index (χ2n) is 9.09. The lowest BCUT2D eigenvalue weighted by Crippen LogP contribution is -2.35. The Morgan fingerprint density at radius 1 is 1.03 bits per heavy atom. The van der Waals surface area contributed by atoms with Crippen LogP contribution in [0.25, 0.3) is 11.2 Å². The Kier molecular flexibility index (Phi) is 7.02. The van der Waals surface area contributed by atoms with Crippen LogP contribution in [0.1, 0.15) is 52.6 Å². The van der Waals surface area contributed by atoms with E-state index in [-0.39, 0.29) is 30.2 Å². The van der Waals surface area contributed by atoms with Gasteiger partial charge in [0, 0.05) is 13.2 Å². The SMILES string of the molecule is Nc1nc(N)c2ncn(C3OC(CO)C(O)C3OCCCCCCN3C(=O)c4ccccc4C3=O)c2n1. The number of anilines is 2. The highest BCUT2D eigenvalue weighted by atomic mass is 16.6. The number of rotatable bonds is 10. The van der Waals surface area contributed by atoms with E-state index in [0.29, 0.717) is 48.3 Å². The molecule has 2 amide bonds. The van der Waals surface area contributed by atoms with Crippen molar-refractivity contribution in [2.24, 2.45) is 0 Å². The summed E-state index contributed by atoms with van der Waals surface area (Å²) in [4.78, 5) is 38.5. The Balaban J connectivity index is 1.13. The van der Waals surface area contributed by atoms with Crippen LogP contribution in [-0.4, -0.2) is 84.5 Å². The molecule has 0 radical (unpaired) electrons. The molecule has 2 aliphatic rings. The Bertz CT molecular complexity index is 1280. The van der Waals surface area contributed by atoms with Crippen LogP contribution in [-0.2, 0) is 9.47 Å². The van der Waals surface area contributed by atoms with E-state index in [1.165, 1.54) is 11.2 Å². The number of nitrogen functional groups attached to an aromatic ring is 2. The molecule has 1 aromatic carbocycles. The van der Waals surface area contributed by atoms with E-state index in [4.69, 9.17) is 20.9 Å². The number of amides is 2. The number of benzene rings is 1. The summed E-state index contributed by atoms with van der Waals surface area (Å²) in [5, 5.41) is 20.3. The highest BCUT2D eigenvalue weighted by Gasteiger charge is 2.46.